The number of hydrogen-bond acceptors (Lipinski definition) is 3. The average molecular weight is 310 g/mol. The fourth-order valence-corrected chi connectivity index (χ4v) is 4.03. The molecule has 3 rings (SSSR count). The minimum Gasteiger partial charge on any atom is -0.493 e. The van der Waals surface area contributed by atoms with Gasteiger partial charge in [0.15, 0.2) is 0 Å². The lowest BCUT2D eigenvalue weighted by atomic mass is 9.61. The standard InChI is InChI=1S/C17H24ClNO2/c1-16(2)11-21-15-5-4-13(18)10-14(15)17(16,20)12-6-8-19(3)9-7-12/h4-5,10,12,20H,6-9,11H2,1-3H3. The molecule has 2 heterocycles. The van der Waals surface area contributed by atoms with Crippen molar-refractivity contribution in [2.45, 2.75) is 32.3 Å². The summed E-state index contributed by atoms with van der Waals surface area (Å²) in [5.41, 5.74) is -0.348. The van der Waals surface area contributed by atoms with Crippen molar-refractivity contribution < 1.29 is 9.84 Å². The fourth-order valence-electron chi connectivity index (χ4n) is 3.86. The van der Waals surface area contributed by atoms with Crippen molar-refractivity contribution in [3.8, 4) is 5.75 Å². The topological polar surface area (TPSA) is 32.7 Å². The van der Waals surface area contributed by atoms with E-state index in [1.165, 1.54) is 0 Å². The molecule has 1 aromatic carbocycles. The quantitative estimate of drug-likeness (QED) is 0.864. The molecule has 2 aliphatic heterocycles. The van der Waals surface area contributed by atoms with Gasteiger partial charge in [0.25, 0.3) is 0 Å². The minimum absolute atomic E-state index is 0.241. The monoisotopic (exact) mass is 309 g/mol. The zero-order valence-electron chi connectivity index (χ0n) is 13.0. The molecule has 1 fully saturated rings. The van der Waals surface area contributed by atoms with Gasteiger partial charge in [-0.25, -0.2) is 0 Å². The normalized spacial score (nSPS) is 29.8. The van der Waals surface area contributed by atoms with E-state index in [1.54, 1.807) is 0 Å². The van der Waals surface area contributed by atoms with E-state index in [0.29, 0.717) is 11.6 Å². The molecule has 1 aromatic rings. The van der Waals surface area contributed by atoms with Crippen molar-refractivity contribution in [2.75, 3.05) is 26.7 Å². The van der Waals surface area contributed by atoms with Gasteiger partial charge in [-0.15, -0.1) is 0 Å². The highest BCUT2D eigenvalue weighted by atomic mass is 35.5. The highest BCUT2D eigenvalue weighted by Crippen LogP contribution is 2.54. The number of ether oxygens (including phenoxy) is 1. The number of halogens is 1. The second-order valence-electron chi connectivity index (χ2n) is 7.16. The number of piperidine rings is 1. The SMILES string of the molecule is CN1CCC(C2(O)c3cc(Cl)ccc3OCC2(C)C)CC1. The number of nitrogens with zero attached hydrogens (tertiary/aromatic N) is 1. The Morgan fingerprint density at radius 2 is 1.95 bits per heavy atom. The Morgan fingerprint density at radius 1 is 1.29 bits per heavy atom. The second-order valence-corrected chi connectivity index (χ2v) is 7.59. The summed E-state index contributed by atoms with van der Waals surface area (Å²) in [6.07, 6.45) is 2.00. The number of fused-ring (bicyclic) bond motifs is 1. The molecule has 0 amide bonds. The number of aliphatic hydroxyl groups is 1. The molecule has 1 N–H and O–H groups in total. The molecular formula is C17H24ClNO2. The molecule has 3 nitrogen and oxygen atoms in total. The molecule has 0 aliphatic carbocycles. The molecule has 1 atom stereocenters. The molecular weight excluding hydrogens is 286 g/mol. The molecule has 2 aliphatic rings. The van der Waals surface area contributed by atoms with Crippen molar-refractivity contribution in [1.29, 1.82) is 0 Å². The van der Waals surface area contributed by atoms with Gasteiger partial charge in [-0.2, -0.15) is 0 Å². The Bertz CT molecular complexity index is 538. The first-order valence-corrected chi connectivity index (χ1v) is 8.06. The summed E-state index contributed by atoms with van der Waals surface area (Å²) in [4.78, 5) is 2.32. The van der Waals surface area contributed by atoms with Gasteiger partial charge < -0.3 is 14.7 Å². The van der Waals surface area contributed by atoms with Gasteiger partial charge in [0.05, 0.1) is 6.61 Å². The molecule has 4 heteroatoms. The van der Waals surface area contributed by atoms with Crippen LogP contribution in [0.4, 0.5) is 0 Å². The van der Waals surface area contributed by atoms with E-state index >= 15 is 0 Å². The Hall–Kier alpha value is -0.770. The smallest absolute Gasteiger partial charge is 0.125 e. The van der Waals surface area contributed by atoms with Crippen LogP contribution in [0.1, 0.15) is 32.3 Å². The summed E-state index contributed by atoms with van der Waals surface area (Å²) in [6, 6.07) is 5.59. The molecule has 0 saturated carbocycles. The Kier molecular flexibility index (Phi) is 3.71. The van der Waals surface area contributed by atoms with Crippen LogP contribution in [0.2, 0.25) is 5.02 Å². The lowest BCUT2D eigenvalue weighted by Crippen LogP contribution is -2.55. The lowest BCUT2D eigenvalue weighted by Gasteiger charge is -2.52. The van der Waals surface area contributed by atoms with Crippen LogP contribution in [0.15, 0.2) is 18.2 Å². The maximum Gasteiger partial charge on any atom is 0.125 e. The van der Waals surface area contributed by atoms with Crippen molar-refractivity contribution in [1.82, 2.24) is 4.90 Å². The number of benzene rings is 1. The first-order valence-electron chi connectivity index (χ1n) is 7.68. The van der Waals surface area contributed by atoms with Crippen LogP contribution in [0.3, 0.4) is 0 Å². The molecule has 0 spiro atoms. The van der Waals surface area contributed by atoms with Gasteiger partial charge in [-0.1, -0.05) is 25.4 Å². The zero-order valence-corrected chi connectivity index (χ0v) is 13.8. The summed E-state index contributed by atoms with van der Waals surface area (Å²) in [7, 11) is 2.14. The highest BCUT2D eigenvalue weighted by Gasteiger charge is 2.54. The van der Waals surface area contributed by atoms with Crippen molar-refractivity contribution >= 4 is 11.6 Å². The predicted octanol–water partition coefficient (Wildman–Crippen LogP) is 3.29. The summed E-state index contributed by atoms with van der Waals surface area (Å²) in [6.45, 7) is 6.77. The van der Waals surface area contributed by atoms with Crippen LogP contribution in [0.25, 0.3) is 0 Å². The number of likely N-dealkylation sites (tertiary alicyclic amines) is 1. The van der Waals surface area contributed by atoms with Crippen LogP contribution >= 0.6 is 11.6 Å². The lowest BCUT2D eigenvalue weighted by molar-refractivity contribution is -0.159. The minimum atomic E-state index is -0.882. The van der Waals surface area contributed by atoms with Crippen LogP contribution in [-0.2, 0) is 5.60 Å². The molecule has 21 heavy (non-hydrogen) atoms. The van der Waals surface area contributed by atoms with Crippen LogP contribution in [-0.4, -0.2) is 36.8 Å². The molecule has 1 saturated heterocycles. The molecule has 116 valence electrons. The maximum atomic E-state index is 11.7. The Labute approximate surface area is 131 Å². The van der Waals surface area contributed by atoms with Crippen LogP contribution in [0.5, 0.6) is 5.75 Å². The average Bonchev–Trinajstić information content (AvgIpc) is 2.44. The summed E-state index contributed by atoms with van der Waals surface area (Å²) < 4.78 is 5.87. The van der Waals surface area contributed by atoms with E-state index in [-0.39, 0.29) is 11.3 Å². The van der Waals surface area contributed by atoms with Crippen LogP contribution in [0, 0.1) is 11.3 Å². The van der Waals surface area contributed by atoms with Crippen molar-refractivity contribution in [3.05, 3.63) is 28.8 Å². The molecule has 0 radical (unpaired) electrons. The fraction of sp³-hybridized carbons (Fsp3) is 0.647. The van der Waals surface area contributed by atoms with E-state index in [0.717, 1.165) is 37.2 Å². The number of rotatable bonds is 1. The van der Waals surface area contributed by atoms with E-state index in [4.69, 9.17) is 16.3 Å². The molecule has 0 bridgehead atoms. The van der Waals surface area contributed by atoms with E-state index in [1.807, 2.05) is 18.2 Å². The summed E-state index contributed by atoms with van der Waals surface area (Å²) in [5.74, 6) is 1.02. The van der Waals surface area contributed by atoms with Gasteiger partial charge in [0.1, 0.15) is 11.4 Å². The second kappa shape index (κ2) is 5.15. The van der Waals surface area contributed by atoms with E-state index < -0.39 is 5.60 Å². The maximum absolute atomic E-state index is 11.7. The predicted molar refractivity (Wildman–Crippen MR) is 84.8 cm³/mol. The van der Waals surface area contributed by atoms with Gasteiger partial charge in [0.2, 0.25) is 0 Å². The van der Waals surface area contributed by atoms with Gasteiger partial charge in [-0.3, -0.25) is 0 Å². The Morgan fingerprint density at radius 3 is 2.62 bits per heavy atom. The van der Waals surface area contributed by atoms with E-state index in [2.05, 4.69) is 25.8 Å². The van der Waals surface area contributed by atoms with Gasteiger partial charge in [0, 0.05) is 16.0 Å². The molecule has 1 unspecified atom stereocenters. The Balaban J connectivity index is 2.07. The third kappa shape index (κ3) is 2.36. The van der Waals surface area contributed by atoms with Gasteiger partial charge in [-0.05, 0) is 57.1 Å². The van der Waals surface area contributed by atoms with Gasteiger partial charge >= 0.3 is 0 Å². The third-order valence-electron chi connectivity index (χ3n) is 5.28. The van der Waals surface area contributed by atoms with Crippen LogP contribution < -0.4 is 4.74 Å². The highest BCUT2D eigenvalue weighted by molar-refractivity contribution is 6.30. The summed E-state index contributed by atoms with van der Waals surface area (Å²) >= 11 is 6.18. The molecule has 0 aromatic heterocycles. The van der Waals surface area contributed by atoms with Crippen molar-refractivity contribution in [3.63, 3.8) is 0 Å². The first kappa shape index (κ1) is 15.1. The number of hydrogen-bond donors (Lipinski definition) is 1. The first-order chi connectivity index (χ1) is 9.84. The largest absolute Gasteiger partial charge is 0.493 e. The van der Waals surface area contributed by atoms with E-state index in [9.17, 15) is 5.11 Å². The zero-order chi connectivity index (χ0) is 15.3. The summed E-state index contributed by atoms with van der Waals surface area (Å²) in [5, 5.41) is 12.4. The third-order valence-corrected chi connectivity index (χ3v) is 5.52. The van der Waals surface area contributed by atoms with Crippen molar-refractivity contribution in [2.24, 2.45) is 11.3 Å².